The molecule has 0 spiro atoms. The summed E-state index contributed by atoms with van der Waals surface area (Å²) in [6.07, 6.45) is -5.08. The number of hydrogen-bond acceptors (Lipinski definition) is 4. The standard InChI is InChI=1S/C7H6BrF3N2O3S/c8-3-1-2-4(17(13,14)15)6(5(3)12)16-7(9,10)11/h1-2H,12H2,(H2,13,14,15). The van der Waals surface area contributed by atoms with Gasteiger partial charge in [0.15, 0.2) is 5.75 Å². The van der Waals surface area contributed by atoms with E-state index in [0.29, 0.717) is 0 Å². The lowest BCUT2D eigenvalue weighted by Gasteiger charge is -2.15. The Morgan fingerprint density at radius 3 is 2.24 bits per heavy atom. The Morgan fingerprint density at radius 1 is 1.29 bits per heavy atom. The van der Waals surface area contributed by atoms with E-state index in [1.165, 1.54) is 0 Å². The second kappa shape index (κ2) is 4.35. The minimum atomic E-state index is -5.08. The smallest absolute Gasteiger partial charge is 0.402 e. The van der Waals surface area contributed by atoms with Crippen molar-refractivity contribution < 1.29 is 26.3 Å². The first kappa shape index (κ1) is 14.1. The molecule has 1 rings (SSSR count). The van der Waals surface area contributed by atoms with Crippen LogP contribution >= 0.6 is 15.9 Å². The fourth-order valence-corrected chi connectivity index (χ4v) is 1.98. The predicted molar refractivity (Wildman–Crippen MR) is 56.6 cm³/mol. The van der Waals surface area contributed by atoms with Crippen molar-refractivity contribution >= 4 is 31.6 Å². The highest BCUT2D eigenvalue weighted by Crippen LogP contribution is 2.38. The summed E-state index contributed by atoms with van der Waals surface area (Å²) in [6.45, 7) is 0. The molecule has 0 aliphatic carbocycles. The van der Waals surface area contributed by atoms with Crippen LogP contribution in [0.15, 0.2) is 21.5 Å². The Morgan fingerprint density at radius 2 is 1.82 bits per heavy atom. The van der Waals surface area contributed by atoms with Gasteiger partial charge >= 0.3 is 6.36 Å². The molecule has 0 amide bonds. The highest BCUT2D eigenvalue weighted by atomic mass is 79.9. The van der Waals surface area contributed by atoms with Crippen molar-refractivity contribution in [1.29, 1.82) is 0 Å². The van der Waals surface area contributed by atoms with Gasteiger partial charge in [0, 0.05) is 4.47 Å². The number of sulfonamides is 1. The molecule has 0 radical (unpaired) electrons. The summed E-state index contributed by atoms with van der Waals surface area (Å²) < 4.78 is 62.0. The van der Waals surface area contributed by atoms with Crippen molar-refractivity contribution in [3.8, 4) is 5.75 Å². The fraction of sp³-hybridized carbons (Fsp3) is 0.143. The molecule has 0 aromatic heterocycles. The van der Waals surface area contributed by atoms with Gasteiger partial charge in [0.25, 0.3) is 0 Å². The first-order valence-corrected chi connectivity index (χ1v) is 6.23. The molecule has 0 bridgehead atoms. The van der Waals surface area contributed by atoms with Crippen molar-refractivity contribution in [3.05, 3.63) is 16.6 Å². The van der Waals surface area contributed by atoms with Crippen LogP contribution in [0.3, 0.4) is 0 Å². The zero-order chi connectivity index (χ0) is 13.4. The van der Waals surface area contributed by atoms with Crippen LogP contribution in [0.2, 0.25) is 0 Å². The number of ether oxygens (including phenoxy) is 1. The molecule has 0 heterocycles. The average molecular weight is 335 g/mol. The normalized spacial score (nSPS) is 12.5. The van der Waals surface area contributed by atoms with Crippen molar-refractivity contribution in [1.82, 2.24) is 0 Å². The number of halogens is 4. The van der Waals surface area contributed by atoms with E-state index in [9.17, 15) is 21.6 Å². The first-order chi connectivity index (χ1) is 7.52. The largest absolute Gasteiger partial charge is 0.573 e. The molecular weight excluding hydrogens is 329 g/mol. The van der Waals surface area contributed by atoms with Crippen LogP contribution in [0.5, 0.6) is 5.75 Å². The van der Waals surface area contributed by atoms with Gasteiger partial charge in [-0.1, -0.05) is 0 Å². The molecule has 0 aliphatic heterocycles. The minimum absolute atomic E-state index is 0.0594. The number of anilines is 1. The van der Waals surface area contributed by atoms with Crippen molar-refractivity contribution in [2.75, 3.05) is 5.73 Å². The molecule has 0 saturated heterocycles. The highest BCUT2D eigenvalue weighted by Gasteiger charge is 2.35. The topological polar surface area (TPSA) is 95.4 Å². The van der Waals surface area contributed by atoms with E-state index in [1.54, 1.807) is 0 Å². The maximum atomic E-state index is 12.1. The summed E-state index contributed by atoms with van der Waals surface area (Å²) in [5, 5.41) is 4.75. The molecule has 17 heavy (non-hydrogen) atoms. The predicted octanol–water partition coefficient (Wildman–Crippen LogP) is 1.58. The average Bonchev–Trinajstić information content (AvgIpc) is 2.08. The molecule has 4 N–H and O–H groups in total. The van der Waals surface area contributed by atoms with Gasteiger partial charge in [-0.3, -0.25) is 0 Å². The number of rotatable bonds is 2. The Hall–Kier alpha value is -1.00. The third kappa shape index (κ3) is 3.48. The maximum absolute atomic E-state index is 12.1. The van der Waals surface area contributed by atoms with Crippen LogP contribution in [-0.4, -0.2) is 14.8 Å². The van der Waals surface area contributed by atoms with E-state index in [-0.39, 0.29) is 4.47 Å². The van der Waals surface area contributed by atoms with E-state index in [2.05, 4.69) is 20.7 Å². The zero-order valence-corrected chi connectivity index (χ0v) is 10.4. The zero-order valence-electron chi connectivity index (χ0n) is 7.95. The summed E-state index contributed by atoms with van der Waals surface area (Å²) >= 11 is 2.85. The lowest BCUT2D eigenvalue weighted by atomic mass is 10.3. The summed E-state index contributed by atoms with van der Waals surface area (Å²) in [5.74, 6) is -1.05. The Kier molecular flexibility index (Phi) is 3.60. The first-order valence-electron chi connectivity index (χ1n) is 3.89. The fourth-order valence-electron chi connectivity index (χ4n) is 1.00. The van der Waals surface area contributed by atoms with Gasteiger partial charge in [0.05, 0.1) is 5.69 Å². The van der Waals surface area contributed by atoms with Crippen molar-refractivity contribution in [2.24, 2.45) is 5.14 Å². The molecular formula is C7H6BrF3N2O3S. The molecule has 0 atom stereocenters. The van der Waals surface area contributed by atoms with Crippen LogP contribution in [0.25, 0.3) is 0 Å². The van der Waals surface area contributed by atoms with E-state index >= 15 is 0 Å². The van der Waals surface area contributed by atoms with Gasteiger partial charge in [-0.25, -0.2) is 13.6 Å². The lowest BCUT2D eigenvalue weighted by molar-refractivity contribution is -0.275. The molecule has 5 nitrogen and oxygen atoms in total. The Bertz CT molecular complexity index is 544. The number of nitrogens with two attached hydrogens (primary N) is 2. The molecule has 10 heteroatoms. The van der Waals surface area contributed by atoms with Gasteiger partial charge in [-0.2, -0.15) is 0 Å². The monoisotopic (exact) mass is 334 g/mol. The Labute approximate surface area is 103 Å². The maximum Gasteiger partial charge on any atom is 0.573 e. The van der Waals surface area contributed by atoms with Gasteiger partial charge in [-0.15, -0.1) is 13.2 Å². The number of alkyl halides is 3. The SMILES string of the molecule is Nc1c(Br)ccc(S(N)(=O)=O)c1OC(F)(F)F. The minimum Gasteiger partial charge on any atom is -0.402 e. The molecule has 96 valence electrons. The van der Waals surface area contributed by atoms with Crippen LogP contribution in [0.1, 0.15) is 0 Å². The van der Waals surface area contributed by atoms with Crippen LogP contribution in [0.4, 0.5) is 18.9 Å². The summed E-state index contributed by atoms with van der Waals surface area (Å²) in [6, 6.07) is 2.01. The summed E-state index contributed by atoms with van der Waals surface area (Å²) in [4.78, 5) is -0.837. The van der Waals surface area contributed by atoms with Gasteiger partial charge in [0.1, 0.15) is 4.90 Å². The second-order valence-corrected chi connectivity index (χ2v) is 5.27. The Balaban J connectivity index is 3.48. The third-order valence-electron chi connectivity index (χ3n) is 1.63. The quantitative estimate of drug-likeness (QED) is 0.802. The number of primary sulfonamides is 1. The third-order valence-corrected chi connectivity index (χ3v) is 3.26. The van der Waals surface area contributed by atoms with Crippen molar-refractivity contribution in [2.45, 2.75) is 11.3 Å². The van der Waals surface area contributed by atoms with E-state index < -0.39 is 32.7 Å². The van der Waals surface area contributed by atoms with E-state index in [1.807, 2.05) is 0 Å². The summed E-state index contributed by atoms with van der Waals surface area (Å²) in [7, 11) is -4.37. The lowest BCUT2D eigenvalue weighted by Crippen LogP contribution is -2.22. The number of nitrogen functional groups attached to an aromatic ring is 1. The second-order valence-electron chi connectivity index (χ2n) is 2.88. The molecule has 0 saturated carbocycles. The summed E-state index contributed by atoms with van der Waals surface area (Å²) in [5.41, 5.74) is 4.79. The molecule has 0 aliphatic rings. The van der Waals surface area contributed by atoms with Crippen molar-refractivity contribution in [3.63, 3.8) is 0 Å². The van der Waals surface area contributed by atoms with E-state index in [4.69, 9.17) is 10.9 Å². The van der Waals surface area contributed by atoms with E-state index in [0.717, 1.165) is 12.1 Å². The van der Waals surface area contributed by atoms with Crippen LogP contribution in [-0.2, 0) is 10.0 Å². The van der Waals surface area contributed by atoms with Gasteiger partial charge < -0.3 is 10.5 Å². The molecule has 0 fully saturated rings. The van der Waals surface area contributed by atoms with Gasteiger partial charge in [-0.05, 0) is 28.1 Å². The van der Waals surface area contributed by atoms with Gasteiger partial charge in [0.2, 0.25) is 10.0 Å². The van der Waals surface area contributed by atoms with Crippen LogP contribution < -0.4 is 15.6 Å². The molecule has 1 aromatic carbocycles. The molecule has 1 aromatic rings. The number of hydrogen-bond donors (Lipinski definition) is 2. The molecule has 0 unspecified atom stereocenters. The van der Waals surface area contributed by atoms with Crippen LogP contribution in [0, 0.1) is 0 Å². The highest BCUT2D eigenvalue weighted by molar-refractivity contribution is 9.10. The number of benzene rings is 1.